The smallest absolute Gasteiger partial charge is 0.337 e. The molecular weight excluding hydrogens is 383 g/mol. The number of rotatable bonds is 4. The van der Waals surface area contributed by atoms with Crippen molar-refractivity contribution in [2.75, 3.05) is 0 Å². The summed E-state index contributed by atoms with van der Waals surface area (Å²) in [5.41, 5.74) is 3.98. The first-order valence-corrected chi connectivity index (χ1v) is 8.99. The molecule has 0 saturated carbocycles. The summed E-state index contributed by atoms with van der Waals surface area (Å²) in [5.74, 6) is -0.956. The molecule has 0 fully saturated rings. The van der Waals surface area contributed by atoms with Crippen molar-refractivity contribution in [3.05, 3.63) is 88.3 Å². The molecule has 0 aliphatic rings. The number of carbonyl (C=O) groups is 1. The van der Waals surface area contributed by atoms with E-state index in [1.54, 1.807) is 30.7 Å². The molecule has 0 bridgehead atoms. The fraction of sp³-hybridized carbons (Fsp3) is 0.0476. The maximum atomic E-state index is 11.7. The Hall–Kier alpha value is -2.82. The summed E-state index contributed by atoms with van der Waals surface area (Å²) in [6, 6.07) is 15.0. The molecule has 2 heterocycles. The number of aromatic nitrogens is 2. The van der Waals surface area contributed by atoms with E-state index >= 15 is 0 Å². The summed E-state index contributed by atoms with van der Waals surface area (Å²) in [5, 5.41) is 11.2. The molecule has 4 nitrogen and oxygen atoms in total. The van der Waals surface area contributed by atoms with Gasteiger partial charge in [-0.15, -0.1) is 0 Å². The fourth-order valence-corrected chi connectivity index (χ4v) is 3.46. The Bertz CT molecular complexity index is 1150. The average molecular weight is 397 g/mol. The van der Waals surface area contributed by atoms with E-state index in [-0.39, 0.29) is 5.56 Å². The van der Waals surface area contributed by atoms with Gasteiger partial charge in [0, 0.05) is 41.6 Å². The number of nitrogens with zero attached hydrogens (tertiary/aromatic N) is 2. The quantitative estimate of drug-likeness (QED) is 0.477. The zero-order valence-electron chi connectivity index (χ0n) is 14.1. The van der Waals surface area contributed by atoms with E-state index < -0.39 is 5.97 Å². The second-order valence-electron chi connectivity index (χ2n) is 6.20. The molecule has 0 atom stereocenters. The van der Waals surface area contributed by atoms with Crippen molar-refractivity contribution in [3.8, 4) is 11.1 Å². The molecule has 6 heteroatoms. The van der Waals surface area contributed by atoms with E-state index in [2.05, 4.69) is 4.98 Å². The second-order valence-corrected chi connectivity index (χ2v) is 7.01. The Balaban J connectivity index is 1.85. The van der Waals surface area contributed by atoms with Gasteiger partial charge in [0.1, 0.15) is 0 Å². The highest BCUT2D eigenvalue weighted by atomic mass is 35.5. The van der Waals surface area contributed by atoms with Gasteiger partial charge in [-0.25, -0.2) is 4.79 Å². The fourth-order valence-electron chi connectivity index (χ4n) is 3.14. The van der Waals surface area contributed by atoms with Crippen LogP contribution in [0.15, 0.2) is 67.1 Å². The largest absolute Gasteiger partial charge is 0.478 e. The minimum Gasteiger partial charge on any atom is -0.478 e. The zero-order chi connectivity index (χ0) is 19.0. The highest BCUT2D eigenvalue weighted by Crippen LogP contribution is 2.29. The van der Waals surface area contributed by atoms with Crippen molar-refractivity contribution in [1.29, 1.82) is 0 Å². The number of aromatic carboxylic acids is 1. The molecule has 2 aromatic carbocycles. The van der Waals surface area contributed by atoms with Crippen LogP contribution >= 0.6 is 23.2 Å². The summed E-state index contributed by atoms with van der Waals surface area (Å²) in [4.78, 5) is 15.8. The molecule has 0 amide bonds. The van der Waals surface area contributed by atoms with Gasteiger partial charge in [-0.3, -0.25) is 4.98 Å². The lowest BCUT2D eigenvalue weighted by Crippen LogP contribution is -1.99. The van der Waals surface area contributed by atoms with E-state index in [9.17, 15) is 9.90 Å². The van der Waals surface area contributed by atoms with Gasteiger partial charge in [0.25, 0.3) is 0 Å². The maximum Gasteiger partial charge on any atom is 0.337 e. The van der Waals surface area contributed by atoms with Crippen LogP contribution in [0.1, 0.15) is 15.9 Å². The Kier molecular flexibility index (Phi) is 4.60. The SMILES string of the molecule is O=C(O)c1cn(Cc2ccc(Cl)c(Cl)c2)c2cc(-c3cccnc3)ccc12. The Morgan fingerprint density at radius 3 is 2.59 bits per heavy atom. The molecule has 0 aliphatic heterocycles. The Labute approximate surface area is 165 Å². The number of hydrogen-bond acceptors (Lipinski definition) is 2. The Morgan fingerprint density at radius 2 is 1.89 bits per heavy atom. The van der Waals surface area contributed by atoms with Crippen molar-refractivity contribution in [2.45, 2.75) is 6.54 Å². The van der Waals surface area contributed by atoms with Crippen LogP contribution in [-0.2, 0) is 6.54 Å². The van der Waals surface area contributed by atoms with Gasteiger partial charge in [0.15, 0.2) is 0 Å². The third-order valence-corrected chi connectivity index (χ3v) is 5.18. The minimum absolute atomic E-state index is 0.266. The number of carboxylic acid groups (broad SMARTS) is 1. The maximum absolute atomic E-state index is 11.7. The first-order valence-electron chi connectivity index (χ1n) is 8.23. The van der Waals surface area contributed by atoms with Crippen molar-refractivity contribution < 1.29 is 9.90 Å². The third kappa shape index (κ3) is 3.42. The molecule has 4 aromatic rings. The van der Waals surface area contributed by atoms with Gasteiger partial charge in [0.05, 0.1) is 15.6 Å². The standard InChI is InChI=1S/C21H14Cl2N2O2/c22-18-6-3-13(8-19(18)23)11-25-12-17(21(26)27)16-5-4-14(9-20(16)25)15-2-1-7-24-10-15/h1-10,12H,11H2,(H,26,27). The highest BCUT2D eigenvalue weighted by molar-refractivity contribution is 6.42. The summed E-state index contributed by atoms with van der Waals surface area (Å²) in [6.45, 7) is 0.483. The molecule has 0 spiro atoms. The van der Waals surface area contributed by atoms with Crippen molar-refractivity contribution in [2.24, 2.45) is 0 Å². The van der Waals surface area contributed by atoms with Crippen LogP contribution in [-0.4, -0.2) is 20.6 Å². The number of pyridine rings is 1. The second kappa shape index (κ2) is 7.06. The van der Waals surface area contributed by atoms with Crippen LogP contribution < -0.4 is 0 Å². The molecule has 0 aliphatic carbocycles. The molecular formula is C21H14Cl2N2O2. The monoisotopic (exact) mass is 396 g/mol. The van der Waals surface area contributed by atoms with Gasteiger partial charge < -0.3 is 9.67 Å². The molecule has 27 heavy (non-hydrogen) atoms. The van der Waals surface area contributed by atoms with Crippen LogP contribution in [0.5, 0.6) is 0 Å². The topological polar surface area (TPSA) is 55.1 Å². The van der Waals surface area contributed by atoms with Crippen LogP contribution in [0, 0.1) is 0 Å². The lowest BCUT2D eigenvalue weighted by molar-refractivity contribution is 0.0699. The third-order valence-electron chi connectivity index (χ3n) is 4.44. The Morgan fingerprint density at radius 1 is 1.04 bits per heavy atom. The van der Waals surface area contributed by atoms with Crippen LogP contribution in [0.25, 0.3) is 22.0 Å². The molecule has 2 aromatic heterocycles. The van der Waals surface area contributed by atoms with E-state index in [1.165, 1.54) is 0 Å². The van der Waals surface area contributed by atoms with Gasteiger partial charge >= 0.3 is 5.97 Å². The molecule has 1 N–H and O–H groups in total. The number of hydrogen-bond donors (Lipinski definition) is 1. The van der Waals surface area contributed by atoms with Gasteiger partial charge in [-0.05, 0) is 35.4 Å². The summed E-state index contributed by atoms with van der Waals surface area (Å²) < 4.78 is 1.91. The lowest BCUT2D eigenvalue weighted by Gasteiger charge is -2.08. The van der Waals surface area contributed by atoms with E-state index in [4.69, 9.17) is 23.2 Å². The molecule has 0 radical (unpaired) electrons. The van der Waals surface area contributed by atoms with Gasteiger partial charge in [0.2, 0.25) is 0 Å². The predicted octanol–water partition coefficient (Wildman–Crippen LogP) is 5.76. The number of fused-ring (bicyclic) bond motifs is 1. The molecule has 0 unspecified atom stereocenters. The van der Waals surface area contributed by atoms with E-state index in [1.807, 2.05) is 41.0 Å². The predicted molar refractivity (Wildman–Crippen MR) is 108 cm³/mol. The molecule has 134 valence electrons. The molecule has 0 saturated heterocycles. The van der Waals surface area contributed by atoms with E-state index in [0.29, 0.717) is 22.0 Å². The molecule has 4 rings (SSSR count). The van der Waals surface area contributed by atoms with Crippen LogP contribution in [0.3, 0.4) is 0 Å². The lowest BCUT2D eigenvalue weighted by atomic mass is 10.0. The van der Waals surface area contributed by atoms with Gasteiger partial charge in [-0.2, -0.15) is 0 Å². The minimum atomic E-state index is -0.956. The van der Waals surface area contributed by atoms with Crippen molar-refractivity contribution in [1.82, 2.24) is 9.55 Å². The first kappa shape index (κ1) is 17.6. The average Bonchev–Trinajstić information content (AvgIpc) is 3.03. The summed E-state index contributed by atoms with van der Waals surface area (Å²) in [7, 11) is 0. The number of benzene rings is 2. The number of halogens is 2. The summed E-state index contributed by atoms with van der Waals surface area (Å²) >= 11 is 12.1. The zero-order valence-corrected chi connectivity index (χ0v) is 15.6. The normalized spacial score (nSPS) is 11.0. The highest BCUT2D eigenvalue weighted by Gasteiger charge is 2.15. The van der Waals surface area contributed by atoms with Crippen LogP contribution in [0.4, 0.5) is 0 Å². The van der Waals surface area contributed by atoms with Crippen LogP contribution in [0.2, 0.25) is 10.0 Å². The first-order chi connectivity index (χ1) is 13.0. The summed E-state index contributed by atoms with van der Waals surface area (Å²) in [6.07, 6.45) is 5.16. The van der Waals surface area contributed by atoms with Gasteiger partial charge in [-0.1, -0.05) is 47.5 Å². The van der Waals surface area contributed by atoms with Crippen molar-refractivity contribution in [3.63, 3.8) is 0 Å². The number of carboxylic acids is 1. The van der Waals surface area contributed by atoms with E-state index in [0.717, 1.165) is 22.2 Å². The van der Waals surface area contributed by atoms with Crippen molar-refractivity contribution >= 4 is 40.1 Å².